The maximum Gasteiger partial charge on any atom is 0.317 e. The van der Waals surface area contributed by atoms with E-state index in [0.717, 1.165) is 6.07 Å². The van der Waals surface area contributed by atoms with Gasteiger partial charge in [-0.1, -0.05) is 62.2 Å². The summed E-state index contributed by atoms with van der Waals surface area (Å²) in [7, 11) is 0. The van der Waals surface area contributed by atoms with Crippen LogP contribution in [0.1, 0.15) is 44.2 Å². The third kappa shape index (κ3) is 5.82. The van der Waals surface area contributed by atoms with Crippen molar-refractivity contribution in [2.45, 2.75) is 50.6 Å². The lowest BCUT2D eigenvalue weighted by molar-refractivity contribution is -0.139. The monoisotopic (exact) mass is 592 g/mol. The van der Waals surface area contributed by atoms with E-state index in [9.17, 15) is 14.9 Å². The summed E-state index contributed by atoms with van der Waals surface area (Å²) in [5.74, 6) is -3.96. The number of halogens is 4. The van der Waals surface area contributed by atoms with Gasteiger partial charge in [-0.2, -0.15) is 5.26 Å². The van der Waals surface area contributed by atoms with Crippen molar-refractivity contribution in [2.75, 3.05) is 32.7 Å². The molecule has 2 aliphatic heterocycles. The van der Waals surface area contributed by atoms with E-state index in [2.05, 4.69) is 11.4 Å². The van der Waals surface area contributed by atoms with E-state index in [4.69, 9.17) is 28.3 Å². The summed E-state index contributed by atoms with van der Waals surface area (Å²) in [5.41, 5.74) is -1.98. The van der Waals surface area contributed by atoms with Gasteiger partial charge in [-0.05, 0) is 35.6 Å². The number of nitrogens with one attached hydrogen (secondary N) is 1. The third-order valence-electron chi connectivity index (χ3n) is 7.76. The van der Waals surface area contributed by atoms with Gasteiger partial charge >= 0.3 is 5.97 Å². The highest BCUT2D eigenvalue weighted by Crippen LogP contribution is 2.53. The highest BCUT2D eigenvalue weighted by atomic mass is 35.5. The van der Waals surface area contributed by atoms with E-state index in [1.165, 1.54) is 24.3 Å². The molecule has 0 aromatic heterocycles. The smallest absolute Gasteiger partial charge is 0.317 e. The minimum Gasteiger partial charge on any atom is -0.480 e. The molecule has 2 aromatic rings. The first kappa shape index (κ1) is 30.2. The Morgan fingerprint density at radius 1 is 1.15 bits per heavy atom. The Bertz CT molecular complexity index is 1340. The number of piperazine rings is 1. The van der Waals surface area contributed by atoms with Crippen LogP contribution in [0.4, 0.5) is 8.78 Å². The van der Waals surface area contributed by atoms with Crippen LogP contribution in [-0.4, -0.2) is 71.6 Å². The van der Waals surface area contributed by atoms with Crippen LogP contribution in [0.3, 0.4) is 0 Å². The van der Waals surface area contributed by atoms with Gasteiger partial charge in [0.25, 0.3) is 0 Å². The van der Waals surface area contributed by atoms with E-state index >= 15 is 8.78 Å². The SMILES string of the molecule is CC(C)(C)C[C@@H]1N[C@@H](C(=O)N2CCN(CC(=O)O)CC2)[C@H](c2cccc(Cl)c2F)[C@@]1(C#N)c1ccc(Cl)cc1F. The number of carbonyl (C=O) groups is 2. The Kier molecular flexibility index (Phi) is 8.77. The van der Waals surface area contributed by atoms with Crippen molar-refractivity contribution in [1.29, 1.82) is 5.26 Å². The molecule has 11 heteroatoms. The Balaban J connectivity index is 1.87. The predicted octanol–water partition coefficient (Wildman–Crippen LogP) is 4.82. The molecule has 2 saturated heterocycles. The van der Waals surface area contributed by atoms with Crippen molar-refractivity contribution in [3.8, 4) is 6.07 Å². The Morgan fingerprint density at radius 2 is 1.82 bits per heavy atom. The molecule has 0 radical (unpaired) electrons. The number of rotatable bonds is 6. The Hall–Kier alpha value is -2.77. The maximum absolute atomic E-state index is 15.8. The van der Waals surface area contributed by atoms with Crippen molar-refractivity contribution in [3.05, 3.63) is 69.2 Å². The Morgan fingerprint density at radius 3 is 2.40 bits per heavy atom. The van der Waals surface area contributed by atoms with Crippen LogP contribution in [0.15, 0.2) is 36.4 Å². The van der Waals surface area contributed by atoms with Gasteiger partial charge in [0.1, 0.15) is 17.0 Å². The second-order valence-corrected chi connectivity index (χ2v) is 12.5. The van der Waals surface area contributed by atoms with Crippen molar-refractivity contribution in [1.82, 2.24) is 15.1 Å². The van der Waals surface area contributed by atoms with Crippen molar-refractivity contribution in [2.24, 2.45) is 5.41 Å². The van der Waals surface area contributed by atoms with Gasteiger partial charge in [0.05, 0.1) is 23.7 Å². The van der Waals surface area contributed by atoms with Crippen molar-refractivity contribution in [3.63, 3.8) is 0 Å². The molecular formula is C29H32Cl2F2N4O3. The van der Waals surface area contributed by atoms with Gasteiger partial charge < -0.3 is 15.3 Å². The lowest BCUT2D eigenvalue weighted by Crippen LogP contribution is -2.55. The van der Waals surface area contributed by atoms with Crippen molar-refractivity contribution >= 4 is 35.1 Å². The topological polar surface area (TPSA) is 96.7 Å². The summed E-state index contributed by atoms with van der Waals surface area (Å²) in [6, 6.07) is 8.96. The second kappa shape index (κ2) is 11.6. The van der Waals surface area contributed by atoms with Crippen LogP contribution in [0.25, 0.3) is 0 Å². The zero-order valence-electron chi connectivity index (χ0n) is 22.6. The summed E-state index contributed by atoms with van der Waals surface area (Å²) in [6.07, 6.45) is 0.373. The van der Waals surface area contributed by atoms with Crippen LogP contribution in [0, 0.1) is 28.4 Å². The molecule has 2 fully saturated rings. The highest BCUT2D eigenvalue weighted by Gasteiger charge is 2.61. The maximum atomic E-state index is 15.8. The van der Waals surface area contributed by atoms with Crippen LogP contribution in [0.5, 0.6) is 0 Å². The second-order valence-electron chi connectivity index (χ2n) is 11.7. The molecule has 2 heterocycles. The van der Waals surface area contributed by atoms with Gasteiger partial charge in [0.15, 0.2) is 0 Å². The van der Waals surface area contributed by atoms with Crippen LogP contribution in [0.2, 0.25) is 10.0 Å². The zero-order valence-corrected chi connectivity index (χ0v) is 24.1. The highest BCUT2D eigenvalue weighted by molar-refractivity contribution is 6.31. The fourth-order valence-electron chi connectivity index (χ4n) is 6.06. The molecule has 40 heavy (non-hydrogen) atoms. The van der Waals surface area contributed by atoms with E-state index in [1.807, 2.05) is 20.8 Å². The summed E-state index contributed by atoms with van der Waals surface area (Å²) in [6.45, 7) is 6.99. The van der Waals surface area contributed by atoms with E-state index in [0.29, 0.717) is 19.5 Å². The van der Waals surface area contributed by atoms with Gasteiger partial charge in [0.2, 0.25) is 5.91 Å². The average molecular weight is 594 g/mol. The molecule has 0 unspecified atom stereocenters. The first-order valence-electron chi connectivity index (χ1n) is 13.1. The molecule has 4 rings (SSSR count). The van der Waals surface area contributed by atoms with Gasteiger partial charge in [-0.25, -0.2) is 8.78 Å². The number of benzene rings is 2. The number of amides is 1. The predicted molar refractivity (Wildman–Crippen MR) is 148 cm³/mol. The number of carboxylic acid groups (broad SMARTS) is 1. The van der Waals surface area contributed by atoms with Crippen LogP contribution in [-0.2, 0) is 15.0 Å². The fourth-order valence-corrected chi connectivity index (χ4v) is 6.40. The molecule has 4 atom stereocenters. The molecule has 1 amide bonds. The minimum absolute atomic E-state index is 0.0205. The Labute approximate surface area is 242 Å². The molecule has 214 valence electrons. The number of carboxylic acids is 1. The summed E-state index contributed by atoms with van der Waals surface area (Å²) in [5, 5.41) is 23.4. The number of carbonyl (C=O) groups excluding carboxylic acids is 1. The molecule has 7 nitrogen and oxygen atoms in total. The summed E-state index contributed by atoms with van der Waals surface area (Å²) < 4.78 is 31.5. The summed E-state index contributed by atoms with van der Waals surface area (Å²) in [4.78, 5) is 28.6. The largest absolute Gasteiger partial charge is 0.480 e. The quantitative estimate of drug-likeness (QED) is 0.499. The number of aliphatic carboxylic acids is 1. The van der Waals surface area contributed by atoms with Gasteiger partial charge in [-0.3, -0.25) is 14.5 Å². The number of nitrogens with zero attached hydrogens (tertiary/aromatic N) is 3. The summed E-state index contributed by atoms with van der Waals surface area (Å²) >= 11 is 12.2. The molecule has 2 aromatic carbocycles. The molecule has 0 bridgehead atoms. The molecule has 0 spiro atoms. The molecule has 2 N–H and O–H groups in total. The third-order valence-corrected chi connectivity index (χ3v) is 8.29. The lowest BCUT2D eigenvalue weighted by Gasteiger charge is -2.38. The van der Waals surface area contributed by atoms with Gasteiger partial charge in [-0.15, -0.1) is 0 Å². The van der Waals surface area contributed by atoms with E-state index in [1.54, 1.807) is 15.9 Å². The normalized spacial score (nSPS) is 25.6. The van der Waals surface area contributed by atoms with E-state index in [-0.39, 0.29) is 52.1 Å². The number of hydrogen-bond donors (Lipinski definition) is 2. The molecular weight excluding hydrogens is 561 g/mol. The lowest BCUT2D eigenvalue weighted by atomic mass is 9.62. The number of nitriles is 1. The average Bonchev–Trinajstić information content (AvgIpc) is 3.18. The zero-order chi connectivity index (χ0) is 29.4. The standard InChI is InChI=1S/C29H32Cl2F2N4O3/c1-28(2,3)14-22-29(16-34,19-8-7-17(30)13-21(19)32)24(18-5-4-6-20(31)25(18)33)26(35-22)27(40)37-11-9-36(10-12-37)15-23(38)39/h4-8,13,22,24,26,35H,9-12,14-15H2,1-3H3,(H,38,39)/t22-,24-,26+,29-/m0/s1. The van der Waals surface area contributed by atoms with Crippen LogP contribution >= 0.6 is 23.2 Å². The molecule has 0 saturated carbocycles. The fraction of sp³-hybridized carbons (Fsp3) is 0.483. The van der Waals surface area contributed by atoms with Crippen molar-refractivity contribution < 1.29 is 23.5 Å². The van der Waals surface area contributed by atoms with E-state index < -0.39 is 41.0 Å². The van der Waals surface area contributed by atoms with Crippen LogP contribution < -0.4 is 5.32 Å². The first-order chi connectivity index (χ1) is 18.8. The molecule has 2 aliphatic rings. The minimum atomic E-state index is -1.70. The first-order valence-corrected chi connectivity index (χ1v) is 13.8. The molecule has 0 aliphatic carbocycles. The number of hydrogen-bond acceptors (Lipinski definition) is 5. The van der Waals surface area contributed by atoms with Gasteiger partial charge in [0, 0.05) is 48.7 Å².